The summed E-state index contributed by atoms with van der Waals surface area (Å²) in [5.41, 5.74) is 10.8. The van der Waals surface area contributed by atoms with Crippen molar-refractivity contribution >= 4 is 23.1 Å². The Labute approximate surface area is 157 Å². The van der Waals surface area contributed by atoms with E-state index in [0.717, 1.165) is 28.1 Å². The van der Waals surface area contributed by atoms with Crippen LogP contribution in [-0.2, 0) is 17.9 Å². The largest absolute Gasteiger partial charge is 0.391 e. The Morgan fingerprint density at radius 3 is 2.37 bits per heavy atom. The molecule has 1 heterocycles. The van der Waals surface area contributed by atoms with Crippen molar-refractivity contribution in [1.82, 2.24) is 0 Å². The molecule has 0 spiro atoms. The molecule has 2 N–H and O–H groups in total. The van der Waals surface area contributed by atoms with Crippen LogP contribution >= 0.6 is 0 Å². The van der Waals surface area contributed by atoms with Gasteiger partial charge in [0.15, 0.2) is 0 Å². The molecule has 1 aliphatic heterocycles. The topological polar surface area (TPSA) is 67.9 Å². The first-order chi connectivity index (χ1) is 13.2. The van der Waals surface area contributed by atoms with Crippen molar-refractivity contribution < 1.29 is 9.63 Å². The highest BCUT2D eigenvalue weighted by Crippen LogP contribution is 2.36. The number of nitrogens with two attached hydrogens (primary N) is 1. The first-order valence-corrected chi connectivity index (χ1v) is 8.73. The third-order valence-corrected chi connectivity index (χ3v) is 4.52. The Morgan fingerprint density at radius 1 is 0.926 bits per heavy atom. The van der Waals surface area contributed by atoms with E-state index in [1.165, 1.54) is 4.90 Å². The molecule has 5 nitrogen and oxygen atoms in total. The molecule has 0 radical (unpaired) electrons. The van der Waals surface area contributed by atoms with Gasteiger partial charge in [0, 0.05) is 12.0 Å². The summed E-state index contributed by atoms with van der Waals surface area (Å²) >= 11 is 0. The summed E-state index contributed by atoms with van der Waals surface area (Å²) in [4.78, 5) is 19.4. The number of anilines is 2. The Balaban J connectivity index is 1.75. The average Bonchev–Trinajstić information content (AvgIpc) is 2.83. The second-order valence-corrected chi connectivity index (χ2v) is 6.29. The number of benzene rings is 3. The Kier molecular flexibility index (Phi) is 4.58. The molecule has 0 unspecified atom stereocenters. The van der Waals surface area contributed by atoms with Crippen molar-refractivity contribution in [1.29, 1.82) is 0 Å². The zero-order chi connectivity index (χ0) is 18.6. The number of carbonyl (C=O) groups excluding carboxylic acids is 1. The lowest BCUT2D eigenvalue weighted by atomic mass is 10.0. The summed E-state index contributed by atoms with van der Waals surface area (Å²) in [5.74, 6) is 0. The van der Waals surface area contributed by atoms with Crippen LogP contribution in [0.15, 0.2) is 84.0 Å². The molecule has 2 amide bonds. The number of amides is 2. The third kappa shape index (κ3) is 3.40. The van der Waals surface area contributed by atoms with E-state index in [4.69, 9.17) is 10.6 Å². The fourth-order valence-electron chi connectivity index (χ4n) is 3.27. The second-order valence-electron chi connectivity index (χ2n) is 6.29. The molecule has 134 valence electrons. The predicted octanol–water partition coefficient (Wildman–Crippen LogP) is 4.38. The third-order valence-electron chi connectivity index (χ3n) is 4.52. The predicted molar refractivity (Wildman–Crippen MR) is 106 cm³/mol. The van der Waals surface area contributed by atoms with Crippen LogP contribution in [0.5, 0.6) is 0 Å². The van der Waals surface area contributed by atoms with Gasteiger partial charge in [-0.25, -0.2) is 4.79 Å². The van der Waals surface area contributed by atoms with Crippen molar-refractivity contribution in [3.63, 3.8) is 0 Å². The van der Waals surface area contributed by atoms with Gasteiger partial charge in [0.1, 0.15) is 6.61 Å². The summed E-state index contributed by atoms with van der Waals surface area (Å²) in [5, 5.41) is 4.41. The number of para-hydroxylation sites is 2. The molecule has 1 aliphatic rings. The van der Waals surface area contributed by atoms with Gasteiger partial charge in [-0.1, -0.05) is 71.9 Å². The van der Waals surface area contributed by atoms with Gasteiger partial charge in [-0.3, -0.25) is 4.90 Å². The van der Waals surface area contributed by atoms with Gasteiger partial charge < -0.3 is 10.6 Å². The van der Waals surface area contributed by atoms with E-state index in [9.17, 15) is 4.79 Å². The molecule has 0 aliphatic carbocycles. The minimum absolute atomic E-state index is 0.383. The first kappa shape index (κ1) is 16.8. The molecule has 3 aromatic rings. The van der Waals surface area contributed by atoms with Crippen LogP contribution in [0.4, 0.5) is 16.2 Å². The highest BCUT2D eigenvalue weighted by molar-refractivity contribution is 6.13. The monoisotopic (exact) mass is 357 g/mol. The van der Waals surface area contributed by atoms with Gasteiger partial charge in [-0.2, -0.15) is 0 Å². The van der Waals surface area contributed by atoms with Gasteiger partial charge in [0.2, 0.25) is 0 Å². The van der Waals surface area contributed by atoms with Crippen LogP contribution in [0.2, 0.25) is 0 Å². The molecule has 0 aromatic heterocycles. The van der Waals surface area contributed by atoms with E-state index in [2.05, 4.69) is 5.16 Å². The van der Waals surface area contributed by atoms with Crippen LogP contribution < -0.4 is 10.6 Å². The van der Waals surface area contributed by atoms with Gasteiger partial charge in [-0.15, -0.1) is 0 Å². The number of nitrogens with zero attached hydrogens (tertiary/aromatic N) is 2. The number of carbonyl (C=O) groups is 1. The summed E-state index contributed by atoms with van der Waals surface area (Å²) in [7, 11) is 0. The first-order valence-electron chi connectivity index (χ1n) is 8.73. The quantitative estimate of drug-likeness (QED) is 0.707. The van der Waals surface area contributed by atoms with Crippen LogP contribution in [0.25, 0.3) is 0 Å². The number of hydrogen-bond acceptors (Lipinski definition) is 3. The van der Waals surface area contributed by atoms with Gasteiger partial charge in [0.05, 0.1) is 17.1 Å². The minimum atomic E-state index is -0.527. The SMILES string of the molecule is NC(=O)N1c2ccccc2CC(=NOCc2ccccc2)c2ccccc21. The fraction of sp³-hybridized carbons (Fsp3) is 0.0909. The van der Waals surface area contributed by atoms with Crippen LogP contribution in [-0.4, -0.2) is 11.7 Å². The lowest BCUT2D eigenvalue weighted by Gasteiger charge is -2.22. The molecule has 0 bridgehead atoms. The highest BCUT2D eigenvalue weighted by Gasteiger charge is 2.27. The Bertz CT molecular complexity index is 999. The Morgan fingerprint density at radius 2 is 1.59 bits per heavy atom. The molecule has 0 saturated heterocycles. The average molecular weight is 357 g/mol. The molecular weight excluding hydrogens is 338 g/mol. The maximum absolute atomic E-state index is 12.2. The van der Waals surface area contributed by atoms with Gasteiger partial charge in [0.25, 0.3) is 0 Å². The summed E-state index contributed by atoms with van der Waals surface area (Å²) in [6, 6.07) is 24.7. The number of hydrogen-bond donors (Lipinski definition) is 1. The number of oxime groups is 1. The van der Waals surface area contributed by atoms with Crippen molar-refractivity contribution in [2.75, 3.05) is 4.90 Å². The van der Waals surface area contributed by atoms with Crippen molar-refractivity contribution in [2.45, 2.75) is 13.0 Å². The highest BCUT2D eigenvalue weighted by atomic mass is 16.6. The summed E-state index contributed by atoms with van der Waals surface area (Å²) in [6.45, 7) is 0.383. The van der Waals surface area contributed by atoms with E-state index < -0.39 is 6.03 Å². The van der Waals surface area contributed by atoms with Gasteiger partial charge in [-0.05, 0) is 23.3 Å². The lowest BCUT2D eigenvalue weighted by molar-refractivity contribution is 0.130. The second kappa shape index (κ2) is 7.33. The fourth-order valence-corrected chi connectivity index (χ4v) is 3.27. The number of primary amides is 1. The van der Waals surface area contributed by atoms with Crippen LogP contribution in [0.3, 0.4) is 0 Å². The maximum Gasteiger partial charge on any atom is 0.323 e. The summed E-state index contributed by atoms with van der Waals surface area (Å²) in [6.07, 6.45) is 0.547. The molecule has 27 heavy (non-hydrogen) atoms. The molecule has 0 atom stereocenters. The van der Waals surface area contributed by atoms with E-state index in [-0.39, 0.29) is 0 Å². The van der Waals surface area contributed by atoms with Crippen molar-refractivity contribution in [2.24, 2.45) is 10.9 Å². The number of rotatable bonds is 3. The lowest BCUT2D eigenvalue weighted by Crippen LogP contribution is -2.32. The van der Waals surface area contributed by atoms with Crippen molar-refractivity contribution in [3.05, 3.63) is 95.6 Å². The van der Waals surface area contributed by atoms with Crippen molar-refractivity contribution in [3.8, 4) is 0 Å². The standard InChI is InChI=1S/C22H19N3O2/c23-22(26)25-20-12-6-4-10-17(20)14-19(18-11-5-7-13-21(18)25)24-27-15-16-8-2-1-3-9-16/h1-13H,14-15H2,(H2,23,26). The number of fused-ring (bicyclic) bond motifs is 2. The van der Waals surface area contributed by atoms with E-state index in [1.807, 2.05) is 78.9 Å². The summed E-state index contributed by atoms with van der Waals surface area (Å²) < 4.78 is 0. The zero-order valence-electron chi connectivity index (χ0n) is 14.7. The van der Waals surface area contributed by atoms with E-state index in [1.54, 1.807) is 0 Å². The molecule has 4 rings (SSSR count). The molecule has 0 fully saturated rings. The van der Waals surface area contributed by atoms with E-state index >= 15 is 0 Å². The zero-order valence-corrected chi connectivity index (χ0v) is 14.7. The normalized spacial score (nSPS) is 14.2. The molecule has 5 heteroatoms. The van der Waals surface area contributed by atoms with Crippen LogP contribution in [0.1, 0.15) is 16.7 Å². The molecule has 3 aromatic carbocycles. The molecule has 0 saturated carbocycles. The van der Waals surface area contributed by atoms with E-state index in [0.29, 0.717) is 18.7 Å². The van der Waals surface area contributed by atoms with Crippen LogP contribution in [0, 0.1) is 0 Å². The molecular formula is C22H19N3O2. The van der Waals surface area contributed by atoms with Gasteiger partial charge >= 0.3 is 6.03 Å². The Hall–Kier alpha value is -3.60. The minimum Gasteiger partial charge on any atom is -0.391 e. The smallest absolute Gasteiger partial charge is 0.323 e. The maximum atomic E-state index is 12.2. The number of urea groups is 1.